The Bertz CT molecular complexity index is 530. The SMILES string of the molecule is Cc1ccccc1-c1cc(C2OCCCO2)[nH]n1. The fourth-order valence-electron chi connectivity index (χ4n) is 2.12. The summed E-state index contributed by atoms with van der Waals surface area (Å²) >= 11 is 0. The number of aryl methyl sites for hydroxylation is 1. The molecular weight excluding hydrogens is 228 g/mol. The number of nitrogens with one attached hydrogen (secondary N) is 1. The topological polar surface area (TPSA) is 47.1 Å². The predicted octanol–water partition coefficient (Wildman–Crippen LogP) is 2.82. The van der Waals surface area contributed by atoms with Crippen molar-refractivity contribution in [2.45, 2.75) is 19.6 Å². The summed E-state index contributed by atoms with van der Waals surface area (Å²) in [7, 11) is 0. The Morgan fingerprint density at radius 2 is 2.00 bits per heavy atom. The van der Waals surface area contributed by atoms with Crippen LogP contribution in [0, 0.1) is 6.92 Å². The third-order valence-corrected chi connectivity index (χ3v) is 3.10. The zero-order chi connectivity index (χ0) is 12.4. The zero-order valence-electron chi connectivity index (χ0n) is 10.3. The molecule has 4 heteroatoms. The highest BCUT2D eigenvalue weighted by atomic mass is 16.7. The van der Waals surface area contributed by atoms with E-state index in [1.54, 1.807) is 0 Å². The Balaban J connectivity index is 1.87. The summed E-state index contributed by atoms with van der Waals surface area (Å²) in [6.45, 7) is 3.56. The van der Waals surface area contributed by atoms with E-state index in [1.807, 2.05) is 18.2 Å². The summed E-state index contributed by atoms with van der Waals surface area (Å²) in [5, 5.41) is 7.34. The molecule has 0 saturated carbocycles. The highest BCUT2D eigenvalue weighted by molar-refractivity contribution is 5.63. The molecule has 1 saturated heterocycles. The fraction of sp³-hybridized carbons (Fsp3) is 0.357. The van der Waals surface area contributed by atoms with Crippen molar-refractivity contribution in [3.05, 3.63) is 41.6 Å². The maximum atomic E-state index is 5.55. The average Bonchev–Trinajstić information content (AvgIpc) is 2.90. The van der Waals surface area contributed by atoms with Crippen LogP contribution in [0.1, 0.15) is 24.0 Å². The van der Waals surface area contributed by atoms with E-state index in [1.165, 1.54) is 5.56 Å². The first kappa shape index (κ1) is 11.4. The van der Waals surface area contributed by atoms with E-state index in [2.05, 4.69) is 29.3 Å². The van der Waals surface area contributed by atoms with Gasteiger partial charge in [0.15, 0.2) is 0 Å². The van der Waals surface area contributed by atoms with Gasteiger partial charge < -0.3 is 9.47 Å². The summed E-state index contributed by atoms with van der Waals surface area (Å²) in [5.41, 5.74) is 4.16. The quantitative estimate of drug-likeness (QED) is 0.883. The van der Waals surface area contributed by atoms with Gasteiger partial charge in [0.2, 0.25) is 6.29 Å². The first-order valence-electron chi connectivity index (χ1n) is 6.19. The van der Waals surface area contributed by atoms with Crippen LogP contribution in [0.3, 0.4) is 0 Å². The molecule has 2 heterocycles. The number of hydrogen-bond acceptors (Lipinski definition) is 3. The molecule has 0 radical (unpaired) electrons. The molecule has 94 valence electrons. The van der Waals surface area contributed by atoms with Crippen LogP contribution in [0.4, 0.5) is 0 Å². The molecule has 1 aliphatic rings. The molecule has 2 aromatic rings. The molecule has 1 N–H and O–H groups in total. The Kier molecular flexibility index (Phi) is 3.13. The smallest absolute Gasteiger partial charge is 0.200 e. The van der Waals surface area contributed by atoms with Gasteiger partial charge in [-0.05, 0) is 25.0 Å². The standard InChI is InChI=1S/C14H16N2O2/c1-10-5-2-3-6-11(10)12-9-13(16-15-12)14-17-7-4-8-18-14/h2-3,5-6,9,14H,4,7-8H2,1H3,(H,15,16). The third kappa shape index (κ3) is 2.17. The van der Waals surface area contributed by atoms with Gasteiger partial charge in [-0.2, -0.15) is 5.10 Å². The van der Waals surface area contributed by atoms with E-state index in [9.17, 15) is 0 Å². The third-order valence-electron chi connectivity index (χ3n) is 3.10. The molecule has 0 bridgehead atoms. The monoisotopic (exact) mass is 244 g/mol. The summed E-state index contributed by atoms with van der Waals surface area (Å²) in [4.78, 5) is 0. The van der Waals surface area contributed by atoms with E-state index in [0.717, 1.165) is 36.6 Å². The molecule has 1 aromatic carbocycles. The van der Waals surface area contributed by atoms with Crippen molar-refractivity contribution in [3.63, 3.8) is 0 Å². The van der Waals surface area contributed by atoms with Crippen molar-refractivity contribution in [2.24, 2.45) is 0 Å². The molecule has 0 amide bonds. The van der Waals surface area contributed by atoms with Crippen molar-refractivity contribution in [3.8, 4) is 11.3 Å². The van der Waals surface area contributed by atoms with Crippen LogP contribution in [0.5, 0.6) is 0 Å². The van der Waals surface area contributed by atoms with E-state index < -0.39 is 0 Å². The van der Waals surface area contributed by atoms with Crippen molar-refractivity contribution in [1.29, 1.82) is 0 Å². The second-order valence-corrected chi connectivity index (χ2v) is 4.45. The van der Waals surface area contributed by atoms with Gasteiger partial charge >= 0.3 is 0 Å². The molecule has 18 heavy (non-hydrogen) atoms. The number of H-pyrrole nitrogens is 1. The Labute approximate surface area is 106 Å². The average molecular weight is 244 g/mol. The first-order chi connectivity index (χ1) is 8.84. The summed E-state index contributed by atoms with van der Waals surface area (Å²) < 4.78 is 11.1. The van der Waals surface area contributed by atoms with Crippen molar-refractivity contribution >= 4 is 0 Å². The van der Waals surface area contributed by atoms with Gasteiger partial charge in [0.05, 0.1) is 24.6 Å². The Morgan fingerprint density at radius 3 is 2.78 bits per heavy atom. The maximum absolute atomic E-state index is 5.55. The molecule has 4 nitrogen and oxygen atoms in total. The van der Waals surface area contributed by atoms with Crippen LogP contribution < -0.4 is 0 Å². The number of nitrogens with zero attached hydrogens (tertiary/aromatic N) is 1. The zero-order valence-corrected chi connectivity index (χ0v) is 10.3. The summed E-state index contributed by atoms with van der Waals surface area (Å²) in [6, 6.07) is 10.2. The summed E-state index contributed by atoms with van der Waals surface area (Å²) in [5.74, 6) is 0. The molecule has 0 aliphatic carbocycles. The number of aromatic amines is 1. The van der Waals surface area contributed by atoms with Gasteiger partial charge in [-0.25, -0.2) is 0 Å². The summed E-state index contributed by atoms with van der Waals surface area (Å²) in [6.07, 6.45) is 0.652. The Morgan fingerprint density at radius 1 is 1.22 bits per heavy atom. The lowest BCUT2D eigenvalue weighted by Crippen LogP contribution is -2.17. The molecule has 3 rings (SSSR count). The van der Waals surface area contributed by atoms with Gasteiger partial charge in [0.25, 0.3) is 0 Å². The molecule has 1 aromatic heterocycles. The molecule has 1 fully saturated rings. The van der Waals surface area contributed by atoms with Crippen LogP contribution >= 0.6 is 0 Å². The van der Waals surface area contributed by atoms with Crippen molar-refractivity contribution in [2.75, 3.05) is 13.2 Å². The highest BCUT2D eigenvalue weighted by Crippen LogP contribution is 2.26. The van der Waals surface area contributed by atoms with E-state index >= 15 is 0 Å². The van der Waals surface area contributed by atoms with Gasteiger partial charge in [-0.15, -0.1) is 0 Å². The lowest BCUT2D eigenvalue weighted by atomic mass is 10.1. The van der Waals surface area contributed by atoms with E-state index in [4.69, 9.17) is 9.47 Å². The molecule has 1 aliphatic heterocycles. The lowest BCUT2D eigenvalue weighted by Gasteiger charge is -2.21. The number of rotatable bonds is 2. The number of benzene rings is 1. The normalized spacial score (nSPS) is 16.9. The predicted molar refractivity (Wildman–Crippen MR) is 68.0 cm³/mol. The van der Waals surface area contributed by atoms with Crippen LogP contribution in [-0.2, 0) is 9.47 Å². The molecular formula is C14H16N2O2. The minimum Gasteiger partial charge on any atom is -0.347 e. The van der Waals surface area contributed by atoms with Gasteiger partial charge in [-0.3, -0.25) is 5.10 Å². The minimum absolute atomic E-state index is 0.302. The van der Waals surface area contributed by atoms with E-state index in [-0.39, 0.29) is 6.29 Å². The second kappa shape index (κ2) is 4.92. The van der Waals surface area contributed by atoms with Crippen LogP contribution in [0.15, 0.2) is 30.3 Å². The minimum atomic E-state index is -0.302. The van der Waals surface area contributed by atoms with E-state index in [0.29, 0.717) is 0 Å². The first-order valence-corrected chi connectivity index (χ1v) is 6.19. The second-order valence-electron chi connectivity index (χ2n) is 4.45. The molecule has 0 atom stereocenters. The number of ether oxygens (including phenoxy) is 2. The fourth-order valence-corrected chi connectivity index (χ4v) is 2.12. The lowest BCUT2D eigenvalue weighted by molar-refractivity contribution is -0.185. The van der Waals surface area contributed by atoms with Crippen molar-refractivity contribution < 1.29 is 9.47 Å². The largest absolute Gasteiger partial charge is 0.347 e. The molecule has 0 spiro atoms. The number of hydrogen-bond donors (Lipinski definition) is 1. The maximum Gasteiger partial charge on any atom is 0.200 e. The highest BCUT2D eigenvalue weighted by Gasteiger charge is 2.19. The van der Waals surface area contributed by atoms with Crippen LogP contribution in [-0.4, -0.2) is 23.4 Å². The molecule has 0 unspecified atom stereocenters. The van der Waals surface area contributed by atoms with Gasteiger partial charge in [0, 0.05) is 5.56 Å². The van der Waals surface area contributed by atoms with Gasteiger partial charge in [-0.1, -0.05) is 24.3 Å². The van der Waals surface area contributed by atoms with Crippen LogP contribution in [0.25, 0.3) is 11.3 Å². The number of aromatic nitrogens is 2. The Hall–Kier alpha value is -1.65. The van der Waals surface area contributed by atoms with Gasteiger partial charge in [0.1, 0.15) is 0 Å². The van der Waals surface area contributed by atoms with Crippen molar-refractivity contribution in [1.82, 2.24) is 10.2 Å². The van der Waals surface area contributed by atoms with Crippen LogP contribution in [0.2, 0.25) is 0 Å².